The number of allylic oxidation sites excluding steroid dienone is 1. The second-order valence-electron chi connectivity index (χ2n) is 10.9. The number of benzene rings is 1. The van der Waals surface area contributed by atoms with Crippen molar-refractivity contribution in [2.24, 2.45) is 23.5 Å². The first-order chi connectivity index (χ1) is 18.6. The Labute approximate surface area is 223 Å². The smallest absolute Gasteiger partial charge is 0.230 e. The number of aromatic hydroxyl groups is 1. The van der Waals surface area contributed by atoms with Crippen LogP contribution in [0.4, 0.5) is 0 Å². The van der Waals surface area contributed by atoms with Crippen molar-refractivity contribution in [1.82, 2.24) is 4.90 Å². The summed E-state index contributed by atoms with van der Waals surface area (Å²) in [6, 6.07) is 6.74. The molecule has 206 valence electrons. The van der Waals surface area contributed by atoms with Gasteiger partial charge in [0.2, 0.25) is 5.91 Å². The second-order valence-corrected chi connectivity index (χ2v) is 10.9. The van der Waals surface area contributed by atoms with Gasteiger partial charge in [-0.2, -0.15) is 0 Å². The van der Waals surface area contributed by atoms with Crippen LogP contribution in [0.3, 0.4) is 0 Å². The number of ether oxygens (including phenoxy) is 1. The molecule has 4 aliphatic rings. The summed E-state index contributed by atoms with van der Waals surface area (Å²) in [7, 11) is 0. The summed E-state index contributed by atoms with van der Waals surface area (Å²) in [5.74, 6) is -6.04. The van der Waals surface area contributed by atoms with Crippen LogP contribution in [0.1, 0.15) is 34.5 Å². The van der Waals surface area contributed by atoms with Crippen molar-refractivity contribution in [3.63, 3.8) is 0 Å². The van der Waals surface area contributed by atoms with E-state index in [9.17, 15) is 34.8 Å². The maximum atomic E-state index is 13.7. The predicted molar refractivity (Wildman–Crippen MR) is 134 cm³/mol. The van der Waals surface area contributed by atoms with Gasteiger partial charge in [-0.1, -0.05) is 0 Å². The van der Waals surface area contributed by atoms with E-state index in [-0.39, 0.29) is 36.1 Å². The van der Waals surface area contributed by atoms with Gasteiger partial charge in [-0.15, -0.1) is 0 Å². The SMILES string of the molecule is NC(=O)C1C(=O)[C@@]2(O)C(O)=C3C(=O)c4c(O)ccc(-c5ccc(CN6CCOCC6)o5)c4C[C@H]3C[C@H]2CC1O. The lowest BCUT2D eigenvalue weighted by Crippen LogP contribution is -2.63. The molecule has 3 aliphatic carbocycles. The number of hydrogen-bond donors (Lipinski definition) is 5. The summed E-state index contributed by atoms with van der Waals surface area (Å²) in [5.41, 5.74) is 3.72. The number of primary amides is 1. The maximum Gasteiger partial charge on any atom is 0.230 e. The number of aliphatic hydroxyl groups is 3. The largest absolute Gasteiger partial charge is 0.508 e. The van der Waals surface area contributed by atoms with Gasteiger partial charge >= 0.3 is 0 Å². The highest BCUT2D eigenvalue weighted by molar-refractivity contribution is 6.16. The lowest BCUT2D eigenvalue weighted by Gasteiger charge is -2.48. The number of fused-ring (bicyclic) bond motifs is 3. The van der Waals surface area contributed by atoms with Gasteiger partial charge in [0.05, 0.1) is 31.4 Å². The molecule has 5 atom stereocenters. The number of phenols is 1. The summed E-state index contributed by atoms with van der Waals surface area (Å²) in [6.07, 6.45) is -1.24. The molecule has 6 N–H and O–H groups in total. The molecule has 11 heteroatoms. The van der Waals surface area contributed by atoms with Crippen LogP contribution >= 0.6 is 0 Å². The lowest BCUT2D eigenvalue weighted by molar-refractivity contribution is -0.167. The van der Waals surface area contributed by atoms with Crippen molar-refractivity contribution in [2.75, 3.05) is 26.3 Å². The van der Waals surface area contributed by atoms with Gasteiger partial charge in [-0.25, -0.2) is 0 Å². The highest BCUT2D eigenvalue weighted by Gasteiger charge is 2.62. The zero-order valence-electron chi connectivity index (χ0n) is 21.1. The predicted octanol–water partition coefficient (Wildman–Crippen LogP) is 0.838. The number of carbonyl (C=O) groups is 3. The topological polar surface area (TPSA) is 184 Å². The van der Waals surface area contributed by atoms with E-state index in [1.807, 2.05) is 12.1 Å². The average molecular weight is 539 g/mol. The molecule has 2 unspecified atom stereocenters. The zero-order chi connectivity index (χ0) is 27.6. The van der Waals surface area contributed by atoms with Gasteiger partial charge in [-0.3, -0.25) is 19.3 Å². The number of rotatable bonds is 4. The Hall–Kier alpha value is -3.51. The van der Waals surface area contributed by atoms with Crippen molar-refractivity contribution in [3.8, 4) is 17.1 Å². The molecular weight excluding hydrogens is 508 g/mol. The van der Waals surface area contributed by atoms with E-state index in [0.717, 1.165) is 18.8 Å². The third-order valence-electron chi connectivity index (χ3n) is 8.68. The summed E-state index contributed by atoms with van der Waals surface area (Å²) in [4.78, 5) is 41.0. The molecule has 1 saturated heterocycles. The van der Waals surface area contributed by atoms with Gasteiger partial charge in [0, 0.05) is 30.1 Å². The molecule has 0 spiro atoms. The Morgan fingerprint density at radius 2 is 1.85 bits per heavy atom. The number of hydrogen-bond acceptors (Lipinski definition) is 10. The number of nitrogens with two attached hydrogens (primary N) is 1. The Morgan fingerprint density at radius 3 is 2.56 bits per heavy atom. The fourth-order valence-corrected chi connectivity index (χ4v) is 6.75. The van der Waals surface area contributed by atoms with E-state index in [0.29, 0.717) is 36.6 Å². The van der Waals surface area contributed by atoms with Crippen LogP contribution in [0, 0.1) is 17.8 Å². The fraction of sp³-hybridized carbons (Fsp3) is 0.464. The van der Waals surface area contributed by atoms with Gasteiger partial charge in [0.1, 0.15) is 28.9 Å². The third-order valence-corrected chi connectivity index (χ3v) is 8.68. The minimum Gasteiger partial charge on any atom is -0.508 e. The van der Waals surface area contributed by atoms with Gasteiger partial charge in [0.15, 0.2) is 17.2 Å². The molecule has 2 fully saturated rings. The standard InChI is InChI=1S/C28H30N2O9/c29-27(36)23-19(32)11-14-9-13-10-17-16(20-4-1-15(39-20)12-30-5-7-38-8-6-30)2-3-18(31)22(17)24(33)21(13)25(34)28(14,37)26(23)35/h1-4,13-14,19,23,31-32,34,37H,5-12H2,(H2,29,36)/t13-,14+,19?,23?,28+/m1/s1. The van der Waals surface area contributed by atoms with E-state index < -0.39 is 52.7 Å². The number of Topliss-reactive ketones (excluding diaryl/α,β-unsaturated/α-hetero) is 2. The molecule has 1 saturated carbocycles. The number of amides is 1. The Balaban J connectivity index is 1.39. The lowest BCUT2D eigenvalue weighted by atomic mass is 9.57. The molecule has 1 aliphatic heterocycles. The van der Waals surface area contributed by atoms with Crippen LogP contribution < -0.4 is 5.73 Å². The van der Waals surface area contributed by atoms with E-state index in [2.05, 4.69) is 4.90 Å². The number of ketones is 2. The molecule has 1 aromatic carbocycles. The van der Waals surface area contributed by atoms with E-state index >= 15 is 0 Å². The Bertz CT molecular complexity index is 1410. The number of aliphatic hydroxyl groups excluding tert-OH is 2. The molecule has 0 bridgehead atoms. The van der Waals surface area contributed by atoms with E-state index in [4.69, 9.17) is 14.9 Å². The van der Waals surface area contributed by atoms with Crippen molar-refractivity contribution in [3.05, 3.63) is 52.5 Å². The first kappa shape index (κ1) is 25.8. The molecule has 1 amide bonds. The zero-order valence-corrected chi connectivity index (χ0v) is 21.1. The van der Waals surface area contributed by atoms with Gasteiger partial charge < -0.3 is 35.3 Å². The maximum absolute atomic E-state index is 13.7. The van der Waals surface area contributed by atoms with Crippen LogP contribution in [0.2, 0.25) is 0 Å². The Morgan fingerprint density at radius 1 is 1.10 bits per heavy atom. The van der Waals surface area contributed by atoms with Crippen LogP contribution in [-0.2, 0) is 27.3 Å². The van der Waals surface area contributed by atoms with Crippen molar-refractivity contribution >= 4 is 17.5 Å². The number of phenolic OH excluding ortho intramolecular Hbond substituents is 1. The summed E-state index contributed by atoms with van der Waals surface area (Å²) < 4.78 is 11.5. The number of morpholine rings is 1. The molecule has 39 heavy (non-hydrogen) atoms. The Kier molecular flexibility index (Phi) is 6.14. The molecule has 6 rings (SSSR count). The summed E-state index contributed by atoms with van der Waals surface area (Å²) >= 11 is 0. The van der Waals surface area contributed by atoms with E-state index in [1.165, 1.54) is 6.07 Å². The molecule has 1 aromatic heterocycles. The normalized spacial score (nSPS) is 31.0. The van der Waals surface area contributed by atoms with Crippen LogP contribution in [0.15, 0.2) is 40.0 Å². The first-order valence-corrected chi connectivity index (χ1v) is 13.1. The highest BCUT2D eigenvalue weighted by Crippen LogP contribution is 2.52. The number of nitrogens with zero attached hydrogens (tertiary/aromatic N) is 1. The average Bonchev–Trinajstić information content (AvgIpc) is 3.34. The van der Waals surface area contributed by atoms with Gasteiger partial charge in [-0.05, 0) is 55.0 Å². The molecular formula is C28H30N2O9. The minimum atomic E-state index is -2.53. The monoisotopic (exact) mass is 538 g/mol. The summed E-state index contributed by atoms with van der Waals surface area (Å²) in [5, 5.41) is 43.7. The van der Waals surface area contributed by atoms with E-state index in [1.54, 1.807) is 6.07 Å². The van der Waals surface area contributed by atoms with Crippen LogP contribution in [0.5, 0.6) is 5.75 Å². The van der Waals surface area contributed by atoms with Gasteiger partial charge in [0.25, 0.3) is 0 Å². The van der Waals surface area contributed by atoms with Crippen molar-refractivity contribution in [2.45, 2.75) is 37.5 Å². The number of furan rings is 1. The van der Waals surface area contributed by atoms with Crippen LogP contribution in [-0.4, -0.2) is 80.8 Å². The van der Waals surface area contributed by atoms with Crippen molar-refractivity contribution < 1.29 is 44.0 Å². The molecule has 11 nitrogen and oxygen atoms in total. The fourth-order valence-electron chi connectivity index (χ4n) is 6.75. The highest BCUT2D eigenvalue weighted by atomic mass is 16.5. The first-order valence-electron chi connectivity index (χ1n) is 13.1. The quantitative estimate of drug-likeness (QED) is 0.350. The minimum absolute atomic E-state index is 0.0341. The van der Waals surface area contributed by atoms with Crippen molar-refractivity contribution in [1.29, 1.82) is 0 Å². The number of carbonyl (C=O) groups excluding carboxylic acids is 3. The second kappa shape index (κ2) is 9.30. The third kappa shape index (κ3) is 3.91. The van der Waals surface area contributed by atoms with Crippen LogP contribution in [0.25, 0.3) is 11.3 Å². The summed E-state index contributed by atoms with van der Waals surface area (Å²) in [6.45, 7) is 3.52. The molecule has 2 heterocycles. The molecule has 0 radical (unpaired) electrons. The molecule has 2 aromatic rings.